The lowest BCUT2D eigenvalue weighted by atomic mass is 9.82. The summed E-state index contributed by atoms with van der Waals surface area (Å²) in [5.74, 6) is 2.50. The molecule has 1 aromatic heterocycles. The van der Waals surface area contributed by atoms with Gasteiger partial charge in [0.1, 0.15) is 11.2 Å². The van der Waals surface area contributed by atoms with Gasteiger partial charge in [0, 0.05) is 28.2 Å². The van der Waals surface area contributed by atoms with E-state index in [1.807, 2.05) is 12.1 Å². The molecule has 1 heterocycles. The van der Waals surface area contributed by atoms with Crippen molar-refractivity contribution < 1.29 is 4.42 Å². The summed E-state index contributed by atoms with van der Waals surface area (Å²) in [6, 6.07) is 32.6. The number of hydrogen-bond acceptors (Lipinski definition) is 2. The number of hydrogen-bond donors (Lipinski definition) is 1. The lowest BCUT2D eigenvalue weighted by molar-refractivity contribution is 0.420. The topological polar surface area (TPSA) is 25.2 Å². The van der Waals surface area contributed by atoms with Crippen molar-refractivity contribution in [3.05, 3.63) is 96.6 Å². The van der Waals surface area contributed by atoms with Crippen LogP contribution < -0.4 is 5.32 Å². The fourth-order valence-corrected chi connectivity index (χ4v) is 6.36. The molecule has 2 nitrogen and oxygen atoms in total. The van der Waals surface area contributed by atoms with Crippen molar-refractivity contribution in [2.24, 2.45) is 11.8 Å². The second-order valence-electron chi connectivity index (χ2n) is 9.93. The first kappa shape index (κ1) is 19.0. The molecule has 2 heteroatoms. The Balaban J connectivity index is 1.29. The predicted molar refractivity (Wildman–Crippen MR) is 137 cm³/mol. The summed E-state index contributed by atoms with van der Waals surface area (Å²) in [5, 5.41) is 6.03. The molecular weight excluding hydrogens is 402 g/mol. The molecule has 2 bridgehead atoms. The van der Waals surface area contributed by atoms with Crippen LogP contribution in [0.5, 0.6) is 0 Å². The number of anilines is 2. The number of furan rings is 1. The summed E-state index contributed by atoms with van der Waals surface area (Å²) in [4.78, 5) is 0. The van der Waals surface area contributed by atoms with Gasteiger partial charge < -0.3 is 9.73 Å². The van der Waals surface area contributed by atoms with E-state index in [2.05, 4.69) is 84.2 Å². The molecular formula is C31H27NO. The lowest BCUT2D eigenvalue weighted by Gasteiger charge is -2.24. The molecule has 0 saturated heterocycles. The van der Waals surface area contributed by atoms with Crippen molar-refractivity contribution in [1.82, 2.24) is 0 Å². The van der Waals surface area contributed by atoms with E-state index in [4.69, 9.17) is 4.42 Å². The van der Waals surface area contributed by atoms with Gasteiger partial charge >= 0.3 is 0 Å². The monoisotopic (exact) mass is 429 g/mol. The summed E-state index contributed by atoms with van der Waals surface area (Å²) in [6.45, 7) is 0. The van der Waals surface area contributed by atoms with E-state index in [-0.39, 0.29) is 0 Å². The van der Waals surface area contributed by atoms with Gasteiger partial charge in [0.05, 0.1) is 0 Å². The van der Waals surface area contributed by atoms with Crippen LogP contribution in [-0.4, -0.2) is 0 Å². The zero-order valence-corrected chi connectivity index (χ0v) is 18.6. The largest absolute Gasteiger partial charge is 0.456 e. The van der Waals surface area contributed by atoms with Gasteiger partial charge in [-0.1, -0.05) is 61.0 Å². The summed E-state index contributed by atoms with van der Waals surface area (Å²) < 4.78 is 6.12. The average Bonchev–Trinajstić information content (AvgIpc) is 3.58. The van der Waals surface area contributed by atoms with E-state index in [1.165, 1.54) is 47.8 Å². The standard InChI is InChI=1S/C31H27NO/c1-2-6-21(7-3-1)23-16-24(29-15-20-10-11-22(29)14-20)18-26(17-23)32-25-12-13-28-27-8-4-5-9-30(27)33-31(28)19-25/h1-9,12-13,16-20,22,29,32H,10-11,14-15H2. The van der Waals surface area contributed by atoms with E-state index < -0.39 is 0 Å². The lowest BCUT2D eigenvalue weighted by Crippen LogP contribution is -2.09. The average molecular weight is 430 g/mol. The highest BCUT2D eigenvalue weighted by Crippen LogP contribution is 2.53. The molecule has 2 aliphatic rings. The van der Waals surface area contributed by atoms with Gasteiger partial charge in [-0.25, -0.2) is 0 Å². The number of nitrogens with one attached hydrogen (secondary N) is 1. The Morgan fingerprint density at radius 3 is 2.33 bits per heavy atom. The Morgan fingerprint density at radius 1 is 0.636 bits per heavy atom. The van der Waals surface area contributed by atoms with Crippen molar-refractivity contribution in [3.8, 4) is 11.1 Å². The van der Waals surface area contributed by atoms with Crippen LogP contribution in [0.1, 0.15) is 37.2 Å². The quantitative estimate of drug-likeness (QED) is 0.308. The molecule has 7 rings (SSSR count). The van der Waals surface area contributed by atoms with Crippen molar-refractivity contribution >= 4 is 33.3 Å². The van der Waals surface area contributed by atoms with Crippen LogP contribution in [0.15, 0.2) is 95.4 Å². The fraction of sp³-hybridized carbons (Fsp3) is 0.226. The minimum absolute atomic E-state index is 0.700. The minimum atomic E-state index is 0.700. The van der Waals surface area contributed by atoms with Gasteiger partial charge in [-0.15, -0.1) is 0 Å². The second-order valence-corrected chi connectivity index (χ2v) is 9.93. The molecule has 0 radical (unpaired) electrons. The molecule has 1 N–H and O–H groups in total. The summed E-state index contributed by atoms with van der Waals surface area (Å²) >= 11 is 0. The van der Waals surface area contributed by atoms with E-state index in [9.17, 15) is 0 Å². The van der Waals surface area contributed by atoms with Gasteiger partial charge in [-0.05, 0) is 84.0 Å². The van der Waals surface area contributed by atoms with E-state index in [0.717, 1.165) is 39.8 Å². The molecule has 3 atom stereocenters. The van der Waals surface area contributed by atoms with Gasteiger partial charge in [-0.3, -0.25) is 0 Å². The third kappa shape index (κ3) is 3.33. The molecule has 0 aliphatic heterocycles. The van der Waals surface area contributed by atoms with E-state index >= 15 is 0 Å². The first-order valence-electron chi connectivity index (χ1n) is 12.2. The zero-order chi connectivity index (χ0) is 21.8. The molecule has 2 saturated carbocycles. The van der Waals surface area contributed by atoms with Crippen LogP contribution in [0, 0.1) is 11.8 Å². The highest BCUT2D eigenvalue weighted by Gasteiger charge is 2.40. The van der Waals surface area contributed by atoms with Crippen molar-refractivity contribution in [3.63, 3.8) is 0 Å². The van der Waals surface area contributed by atoms with Crippen LogP contribution in [0.2, 0.25) is 0 Å². The van der Waals surface area contributed by atoms with Gasteiger partial charge in [0.2, 0.25) is 0 Å². The molecule has 0 amide bonds. The molecule has 4 aromatic carbocycles. The fourth-order valence-electron chi connectivity index (χ4n) is 6.36. The first-order chi connectivity index (χ1) is 16.3. The van der Waals surface area contributed by atoms with Gasteiger partial charge in [0.25, 0.3) is 0 Å². The molecule has 33 heavy (non-hydrogen) atoms. The summed E-state index contributed by atoms with van der Waals surface area (Å²) in [5.41, 5.74) is 8.15. The third-order valence-electron chi connectivity index (χ3n) is 7.90. The van der Waals surface area contributed by atoms with Crippen LogP contribution in [-0.2, 0) is 0 Å². The van der Waals surface area contributed by atoms with E-state index in [1.54, 1.807) is 0 Å². The van der Waals surface area contributed by atoms with Gasteiger partial charge in [-0.2, -0.15) is 0 Å². The Morgan fingerprint density at radius 2 is 1.48 bits per heavy atom. The number of para-hydroxylation sites is 1. The van der Waals surface area contributed by atoms with Crippen LogP contribution in [0.4, 0.5) is 11.4 Å². The maximum Gasteiger partial charge on any atom is 0.137 e. The Hall–Kier alpha value is -3.52. The Labute approximate surface area is 194 Å². The zero-order valence-electron chi connectivity index (χ0n) is 18.6. The molecule has 3 unspecified atom stereocenters. The maximum atomic E-state index is 6.12. The third-order valence-corrected chi connectivity index (χ3v) is 7.90. The predicted octanol–water partition coefficient (Wildman–Crippen LogP) is 8.90. The van der Waals surface area contributed by atoms with Crippen LogP contribution in [0.25, 0.3) is 33.1 Å². The first-order valence-corrected chi connectivity index (χ1v) is 12.2. The number of benzene rings is 4. The molecule has 0 spiro atoms. The van der Waals surface area contributed by atoms with Crippen LogP contribution in [0.3, 0.4) is 0 Å². The van der Waals surface area contributed by atoms with Crippen molar-refractivity contribution in [2.75, 3.05) is 5.32 Å². The molecule has 2 fully saturated rings. The summed E-state index contributed by atoms with van der Waals surface area (Å²) in [7, 11) is 0. The normalized spacial score (nSPS) is 21.8. The molecule has 162 valence electrons. The van der Waals surface area contributed by atoms with Gasteiger partial charge in [0.15, 0.2) is 0 Å². The Bertz CT molecular complexity index is 1460. The highest BCUT2D eigenvalue weighted by molar-refractivity contribution is 6.05. The maximum absolute atomic E-state index is 6.12. The van der Waals surface area contributed by atoms with Crippen LogP contribution >= 0.6 is 0 Å². The SMILES string of the molecule is c1ccc(-c2cc(Nc3ccc4c(c3)oc3ccccc34)cc(C3CC4CCC3C4)c2)cc1. The van der Waals surface area contributed by atoms with Crippen molar-refractivity contribution in [2.45, 2.75) is 31.6 Å². The number of rotatable bonds is 4. The molecule has 5 aromatic rings. The smallest absolute Gasteiger partial charge is 0.137 e. The highest BCUT2D eigenvalue weighted by atomic mass is 16.3. The van der Waals surface area contributed by atoms with Crippen molar-refractivity contribution in [1.29, 1.82) is 0 Å². The second kappa shape index (κ2) is 7.52. The number of fused-ring (bicyclic) bond motifs is 5. The molecule has 2 aliphatic carbocycles. The summed E-state index contributed by atoms with van der Waals surface area (Å²) in [6.07, 6.45) is 5.61. The minimum Gasteiger partial charge on any atom is -0.456 e. The van der Waals surface area contributed by atoms with E-state index in [0.29, 0.717) is 5.92 Å². The Kier molecular flexibility index (Phi) is 4.33.